The number of nitrogens with two attached hydrogens (primary N) is 1. The van der Waals surface area contributed by atoms with Crippen LogP contribution < -0.4 is 11.1 Å². The van der Waals surface area contributed by atoms with E-state index in [1.807, 2.05) is 35.2 Å². The van der Waals surface area contributed by atoms with Crippen molar-refractivity contribution in [2.45, 2.75) is 18.9 Å². The Morgan fingerprint density at radius 1 is 1.08 bits per heavy atom. The van der Waals surface area contributed by atoms with Crippen molar-refractivity contribution in [1.29, 1.82) is 0 Å². The monoisotopic (exact) mass is 357 g/mol. The van der Waals surface area contributed by atoms with Gasteiger partial charge in [-0.1, -0.05) is 41.9 Å². The van der Waals surface area contributed by atoms with Crippen LogP contribution in [0.25, 0.3) is 0 Å². The Kier molecular flexibility index (Phi) is 5.24. The molecule has 0 aromatic heterocycles. The van der Waals surface area contributed by atoms with E-state index in [4.69, 9.17) is 17.3 Å². The maximum Gasteiger partial charge on any atom is 0.250 e. The van der Waals surface area contributed by atoms with E-state index in [2.05, 4.69) is 5.32 Å². The maximum absolute atomic E-state index is 13.0. The van der Waals surface area contributed by atoms with Crippen LogP contribution in [-0.2, 0) is 4.79 Å². The normalized spacial score (nSPS) is 15.0. The highest BCUT2D eigenvalue weighted by Gasteiger charge is 2.28. The summed E-state index contributed by atoms with van der Waals surface area (Å²) in [5.74, 6) is -0.574. The lowest BCUT2D eigenvalue weighted by atomic mass is 10.0. The highest BCUT2D eigenvalue weighted by atomic mass is 35.5. The summed E-state index contributed by atoms with van der Waals surface area (Å²) in [4.78, 5) is 26.4. The molecule has 1 aliphatic rings. The van der Waals surface area contributed by atoms with Crippen molar-refractivity contribution in [1.82, 2.24) is 4.90 Å². The van der Waals surface area contributed by atoms with E-state index >= 15 is 0 Å². The standard InChI is InChI=1S/C19H20ClN3O2/c20-16-9-8-14(12-15(16)18(21)24)22-17(13-6-2-1-3-7-13)19(25)23-10-4-5-11-23/h1-3,6-9,12,17,22H,4-5,10-11H2,(H2,21,24)/t17-/m0/s1. The predicted octanol–water partition coefficient (Wildman–Crippen LogP) is 3.21. The van der Waals surface area contributed by atoms with Gasteiger partial charge in [0.2, 0.25) is 11.8 Å². The molecule has 1 atom stereocenters. The zero-order chi connectivity index (χ0) is 17.8. The quantitative estimate of drug-likeness (QED) is 0.862. The minimum Gasteiger partial charge on any atom is -0.370 e. The molecule has 5 nitrogen and oxygen atoms in total. The summed E-state index contributed by atoms with van der Waals surface area (Å²) in [6.45, 7) is 1.55. The second kappa shape index (κ2) is 7.57. The molecule has 0 radical (unpaired) electrons. The van der Waals surface area contributed by atoms with Gasteiger partial charge in [-0.05, 0) is 36.6 Å². The number of nitrogens with zero attached hydrogens (tertiary/aromatic N) is 1. The Labute approximate surface area is 151 Å². The summed E-state index contributed by atoms with van der Waals surface area (Å²) in [7, 11) is 0. The van der Waals surface area contributed by atoms with Crippen molar-refractivity contribution < 1.29 is 9.59 Å². The van der Waals surface area contributed by atoms with Crippen LogP contribution >= 0.6 is 11.6 Å². The van der Waals surface area contributed by atoms with Crippen LogP contribution in [0.5, 0.6) is 0 Å². The number of carbonyl (C=O) groups excluding carboxylic acids is 2. The fourth-order valence-corrected chi connectivity index (χ4v) is 3.23. The smallest absolute Gasteiger partial charge is 0.250 e. The molecule has 2 aromatic carbocycles. The number of carbonyl (C=O) groups is 2. The third-order valence-corrected chi connectivity index (χ3v) is 4.67. The Morgan fingerprint density at radius 3 is 2.40 bits per heavy atom. The third-order valence-electron chi connectivity index (χ3n) is 4.34. The number of amides is 2. The fourth-order valence-electron chi connectivity index (χ4n) is 3.02. The first-order chi connectivity index (χ1) is 12.1. The Bertz CT molecular complexity index is 773. The number of rotatable bonds is 5. The molecule has 0 unspecified atom stereocenters. The molecule has 3 rings (SSSR count). The average Bonchev–Trinajstić information content (AvgIpc) is 3.15. The highest BCUT2D eigenvalue weighted by molar-refractivity contribution is 6.33. The van der Waals surface area contributed by atoms with E-state index in [-0.39, 0.29) is 11.5 Å². The van der Waals surface area contributed by atoms with Crippen molar-refractivity contribution in [2.75, 3.05) is 18.4 Å². The molecule has 1 heterocycles. The lowest BCUT2D eigenvalue weighted by molar-refractivity contribution is -0.131. The first-order valence-corrected chi connectivity index (χ1v) is 8.63. The lowest BCUT2D eigenvalue weighted by Gasteiger charge is -2.25. The molecule has 130 valence electrons. The van der Waals surface area contributed by atoms with Crippen LogP contribution in [-0.4, -0.2) is 29.8 Å². The summed E-state index contributed by atoms with van der Waals surface area (Å²) < 4.78 is 0. The van der Waals surface area contributed by atoms with Gasteiger partial charge in [0.25, 0.3) is 0 Å². The second-order valence-electron chi connectivity index (χ2n) is 6.08. The van der Waals surface area contributed by atoms with Gasteiger partial charge in [-0.3, -0.25) is 9.59 Å². The Morgan fingerprint density at radius 2 is 1.76 bits per heavy atom. The molecule has 0 spiro atoms. The van der Waals surface area contributed by atoms with Crippen LogP contribution in [0.15, 0.2) is 48.5 Å². The van der Waals surface area contributed by atoms with E-state index in [0.717, 1.165) is 31.5 Å². The molecule has 3 N–H and O–H groups in total. The van der Waals surface area contributed by atoms with Gasteiger partial charge >= 0.3 is 0 Å². The van der Waals surface area contributed by atoms with E-state index in [1.54, 1.807) is 18.2 Å². The molecule has 0 aliphatic carbocycles. The Balaban J connectivity index is 1.91. The van der Waals surface area contributed by atoms with E-state index in [0.29, 0.717) is 10.7 Å². The number of nitrogens with one attached hydrogen (secondary N) is 1. The number of hydrogen-bond acceptors (Lipinski definition) is 3. The summed E-state index contributed by atoms with van der Waals surface area (Å²) >= 11 is 6.01. The molecule has 1 fully saturated rings. The summed E-state index contributed by atoms with van der Waals surface area (Å²) in [6.07, 6.45) is 2.06. The van der Waals surface area contributed by atoms with Crippen LogP contribution in [0.2, 0.25) is 5.02 Å². The molecule has 2 amide bonds. The minimum atomic E-state index is -0.601. The summed E-state index contributed by atoms with van der Waals surface area (Å²) in [5, 5.41) is 3.53. The highest BCUT2D eigenvalue weighted by Crippen LogP contribution is 2.26. The van der Waals surface area contributed by atoms with Gasteiger partial charge in [0.1, 0.15) is 6.04 Å². The third kappa shape index (κ3) is 3.94. The molecule has 1 saturated heterocycles. The Hall–Kier alpha value is -2.53. The number of likely N-dealkylation sites (tertiary alicyclic amines) is 1. The molecular formula is C19H20ClN3O2. The molecule has 6 heteroatoms. The van der Waals surface area contributed by atoms with Crippen LogP contribution in [0.1, 0.15) is 34.8 Å². The van der Waals surface area contributed by atoms with Gasteiger partial charge in [0, 0.05) is 18.8 Å². The molecule has 0 bridgehead atoms. The predicted molar refractivity (Wildman–Crippen MR) is 98.6 cm³/mol. The minimum absolute atomic E-state index is 0.0271. The van der Waals surface area contributed by atoms with E-state index in [1.165, 1.54) is 0 Å². The van der Waals surface area contributed by atoms with Crippen LogP contribution in [0.4, 0.5) is 5.69 Å². The number of hydrogen-bond donors (Lipinski definition) is 2. The molecule has 2 aromatic rings. The van der Waals surface area contributed by atoms with Gasteiger partial charge in [0.05, 0.1) is 10.6 Å². The summed E-state index contributed by atoms with van der Waals surface area (Å²) in [5.41, 5.74) is 7.08. The number of benzene rings is 2. The summed E-state index contributed by atoms with van der Waals surface area (Å²) in [6, 6.07) is 13.9. The zero-order valence-electron chi connectivity index (χ0n) is 13.7. The van der Waals surface area contributed by atoms with Crippen molar-refractivity contribution in [3.63, 3.8) is 0 Å². The number of anilines is 1. The SMILES string of the molecule is NC(=O)c1cc(N[C@H](C(=O)N2CCCC2)c2ccccc2)ccc1Cl. The zero-order valence-corrected chi connectivity index (χ0v) is 14.5. The van der Waals surface area contributed by atoms with E-state index in [9.17, 15) is 9.59 Å². The van der Waals surface area contributed by atoms with Gasteiger partial charge in [-0.15, -0.1) is 0 Å². The molecular weight excluding hydrogens is 338 g/mol. The number of halogens is 1. The van der Waals surface area contributed by atoms with Crippen LogP contribution in [0, 0.1) is 0 Å². The van der Waals surface area contributed by atoms with Crippen molar-refractivity contribution in [2.24, 2.45) is 5.73 Å². The first-order valence-electron chi connectivity index (χ1n) is 8.26. The van der Waals surface area contributed by atoms with Gasteiger partial charge in [-0.25, -0.2) is 0 Å². The van der Waals surface area contributed by atoms with Gasteiger partial charge < -0.3 is 16.0 Å². The maximum atomic E-state index is 13.0. The van der Waals surface area contributed by atoms with Crippen molar-refractivity contribution in [3.8, 4) is 0 Å². The van der Waals surface area contributed by atoms with Crippen molar-refractivity contribution in [3.05, 3.63) is 64.7 Å². The topological polar surface area (TPSA) is 75.4 Å². The largest absolute Gasteiger partial charge is 0.370 e. The fraction of sp³-hybridized carbons (Fsp3) is 0.263. The van der Waals surface area contributed by atoms with Crippen LogP contribution in [0.3, 0.4) is 0 Å². The number of primary amides is 1. The second-order valence-corrected chi connectivity index (χ2v) is 6.49. The lowest BCUT2D eigenvalue weighted by Crippen LogP contribution is -2.36. The van der Waals surface area contributed by atoms with Gasteiger partial charge in [-0.2, -0.15) is 0 Å². The average molecular weight is 358 g/mol. The first kappa shape index (κ1) is 17.3. The molecule has 1 aliphatic heterocycles. The van der Waals surface area contributed by atoms with Crippen molar-refractivity contribution >= 4 is 29.1 Å². The van der Waals surface area contributed by atoms with E-state index < -0.39 is 11.9 Å². The van der Waals surface area contributed by atoms with Gasteiger partial charge in [0.15, 0.2) is 0 Å². The molecule has 25 heavy (non-hydrogen) atoms. The molecule has 0 saturated carbocycles.